The summed E-state index contributed by atoms with van der Waals surface area (Å²) in [5.41, 5.74) is 7.65. The number of hydrogen-bond acceptors (Lipinski definition) is 3. The molecule has 3 N–H and O–H groups in total. The molecule has 2 aliphatic rings. The van der Waals surface area contributed by atoms with Crippen molar-refractivity contribution in [1.29, 1.82) is 0 Å². The highest BCUT2D eigenvalue weighted by molar-refractivity contribution is 5.55. The molecule has 0 amide bonds. The minimum absolute atomic E-state index is 0.138. The molecule has 2 bridgehead atoms. The lowest BCUT2D eigenvalue weighted by Gasteiger charge is -2.32. The van der Waals surface area contributed by atoms with E-state index in [4.69, 9.17) is 5.73 Å². The van der Waals surface area contributed by atoms with E-state index in [0.717, 1.165) is 25.1 Å². The molecular formula is C12H16N2O. The van der Waals surface area contributed by atoms with Crippen LogP contribution in [0.4, 0.5) is 11.4 Å². The highest BCUT2D eigenvalue weighted by atomic mass is 16.3. The van der Waals surface area contributed by atoms with Gasteiger partial charge in [0.25, 0.3) is 0 Å². The van der Waals surface area contributed by atoms with Crippen LogP contribution in [0.15, 0.2) is 24.3 Å². The van der Waals surface area contributed by atoms with Crippen molar-refractivity contribution in [3.05, 3.63) is 24.3 Å². The van der Waals surface area contributed by atoms with Crippen LogP contribution in [0.5, 0.6) is 0 Å². The van der Waals surface area contributed by atoms with Crippen molar-refractivity contribution in [3.8, 4) is 0 Å². The average molecular weight is 204 g/mol. The summed E-state index contributed by atoms with van der Waals surface area (Å²) in [6.45, 7) is 1.09. The second-order valence-corrected chi connectivity index (χ2v) is 4.72. The first-order valence-electron chi connectivity index (χ1n) is 5.54. The highest BCUT2D eigenvalue weighted by Crippen LogP contribution is 2.40. The third-order valence-corrected chi connectivity index (χ3v) is 3.67. The van der Waals surface area contributed by atoms with Crippen LogP contribution in [0.3, 0.4) is 0 Å². The van der Waals surface area contributed by atoms with Gasteiger partial charge in [0, 0.05) is 17.9 Å². The van der Waals surface area contributed by atoms with Gasteiger partial charge in [0.1, 0.15) is 0 Å². The van der Waals surface area contributed by atoms with E-state index in [9.17, 15) is 5.11 Å². The predicted octanol–water partition coefficient (Wildman–Crippen LogP) is 1.23. The van der Waals surface area contributed by atoms with Crippen molar-refractivity contribution >= 4 is 11.4 Å². The number of anilines is 2. The number of piperidine rings is 1. The zero-order valence-electron chi connectivity index (χ0n) is 8.63. The number of benzene rings is 1. The Morgan fingerprint density at radius 3 is 2.53 bits per heavy atom. The number of fused-ring (bicyclic) bond motifs is 2. The second kappa shape index (κ2) is 3.14. The van der Waals surface area contributed by atoms with Crippen molar-refractivity contribution in [2.45, 2.75) is 25.0 Å². The fraction of sp³-hybridized carbons (Fsp3) is 0.500. The lowest BCUT2D eigenvalue weighted by atomic mass is 10.1. The molecule has 1 saturated heterocycles. The van der Waals surface area contributed by atoms with Gasteiger partial charge in [-0.15, -0.1) is 0 Å². The van der Waals surface area contributed by atoms with Crippen molar-refractivity contribution in [2.75, 3.05) is 17.2 Å². The van der Waals surface area contributed by atoms with E-state index in [1.165, 1.54) is 5.69 Å². The molecular weight excluding hydrogens is 188 g/mol. The van der Waals surface area contributed by atoms with E-state index in [2.05, 4.69) is 4.90 Å². The Balaban J connectivity index is 1.86. The minimum atomic E-state index is -0.138. The van der Waals surface area contributed by atoms with E-state index in [0.29, 0.717) is 12.0 Å². The molecule has 3 nitrogen and oxygen atoms in total. The van der Waals surface area contributed by atoms with Crippen LogP contribution >= 0.6 is 0 Å². The van der Waals surface area contributed by atoms with Gasteiger partial charge < -0.3 is 15.7 Å². The molecule has 15 heavy (non-hydrogen) atoms. The summed E-state index contributed by atoms with van der Waals surface area (Å²) in [7, 11) is 0. The number of aliphatic hydroxyl groups excluding tert-OH is 1. The number of nitrogens with two attached hydrogens (primary N) is 1. The maximum absolute atomic E-state index is 9.84. The predicted molar refractivity (Wildman–Crippen MR) is 60.7 cm³/mol. The number of hydrogen-bond donors (Lipinski definition) is 2. The number of nitrogens with zero attached hydrogens (tertiary/aromatic N) is 1. The van der Waals surface area contributed by atoms with Crippen molar-refractivity contribution in [1.82, 2.24) is 0 Å². The third kappa shape index (κ3) is 1.38. The van der Waals surface area contributed by atoms with Gasteiger partial charge in [-0.05, 0) is 43.0 Å². The number of rotatable bonds is 1. The fourth-order valence-electron chi connectivity index (χ4n) is 2.95. The molecule has 1 aliphatic carbocycles. The summed E-state index contributed by atoms with van der Waals surface area (Å²) in [6.07, 6.45) is 1.99. The first-order valence-corrected chi connectivity index (χ1v) is 5.54. The Bertz CT molecular complexity index is 362. The van der Waals surface area contributed by atoms with Crippen LogP contribution in [-0.4, -0.2) is 23.8 Å². The molecule has 1 aromatic rings. The average Bonchev–Trinajstić information content (AvgIpc) is 2.77. The molecule has 3 atom stereocenters. The second-order valence-electron chi connectivity index (χ2n) is 4.72. The molecule has 1 saturated carbocycles. The molecule has 3 unspecified atom stereocenters. The number of aliphatic hydroxyl groups is 1. The number of nitrogen functional groups attached to an aromatic ring is 1. The monoisotopic (exact) mass is 204 g/mol. The van der Waals surface area contributed by atoms with E-state index in [-0.39, 0.29) is 6.10 Å². The molecule has 0 spiro atoms. The van der Waals surface area contributed by atoms with Crippen LogP contribution in [-0.2, 0) is 0 Å². The molecule has 3 heteroatoms. The van der Waals surface area contributed by atoms with Gasteiger partial charge in [0.05, 0.1) is 12.1 Å². The maximum atomic E-state index is 9.84. The fourth-order valence-corrected chi connectivity index (χ4v) is 2.95. The maximum Gasteiger partial charge on any atom is 0.0746 e. The van der Waals surface area contributed by atoms with Crippen LogP contribution in [0.25, 0.3) is 0 Å². The van der Waals surface area contributed by atoms with Gasteiger partial charge in [0.15, 0.2) is 0 Å². The minimum Gasteiger partial charge on any atom is -0.399 e. The van der Waals surface area contributed by atoms with Gasteiger partial charge in [0.2, 0.25) is 0 Å². The molecule has 3 rings (SSSR count). The highest BCUT2D eigenvalue weighted by Gasteiger charge is 2.44. The first kappa shape index (κ1) is 9.04. The Morgan fingerprint density at radius 1 is 1.20 bits per heavy atom. The van der Waals surface area contributed by atoms with Crippen LogP contribution in [0.2, 0.25) is 0 Å². The van der Waals surface area contributed by atoms with Gasteiger partial charge in [-0.25, -0.2) is 0 Å². The summed E-state index contributed by atoms with van der Waals surface area (Å²) in [6, 6.07) is 8.27. The lowest BCUT2D eigenvalue weighted by Crippen LogP contribution is -2.41. The summed E-state index contributed by atoms with van der Waals surface area (Å²) in [4.78, 5) is 2.32. The standard InChI is InChI=1S/C12H16N2O/c13-9-1-3-10(4-2-9)14-7-8-5-11(14)12(15)6-8/h1-4,8,11-12,15H,5-7,13H2. The molecule has 1 heterocycles. The van der Waals surface area contributed by atoms with Gasteiger partial charge in [-0.3, -0.25) is 0 Å². The SMILES string of the molecule is Nc1ccc(N2CC3CC(O)C2C3)cc1. The molecule has 1 aliphatic heterocycles. The Morgan fingerprint density at radius 2 is 1.93 bits per heavy atom. The Hall–Kier alpha value is -1.22. The van der Waals surface area contributed by atoms with Crippen molar-refractivity contribution < 1.29 is 5.11 Å². The van der Waals surface area contributed by atoms with E-state index in [1.54, 1.807) is 0 Å². The van der Waals surface area contributed by atoms with Gasteiger partial charge in [-0.1, -0.05) is 0 Å². The quantitative estimate of drug-likeness (QED) is 0.676. The Kier molecular flexibility index (Phi) is 1.89. The van der Waals surface area contributed by atoms with Crippen LogP contribution < -0.4 is 10.6 Å². The van der Waals surface area contributed by atoms with E-state index in [1.807, 2.05) is 24.3 Å². The summed E-state index contributed by atoms with van der Waals surface area (Å²) in [5.74, 6) is 0.683. The molecule has 80 valence electrons. The van der Waals surface area contributed by atoms with Crippen LogP contribution in [0.1, 0.15) is 12.8 Å². The molecule has 1 aromatic carbocycles. The topological polar surface area (TPSA) is 49.5 Å². The molecule has 0 radical (unpaired) electrons. The molecule has 0 aromatic heterocycles. The zero-order chi connectivity index (χ0) is 10.4. The summed E-state index contributed by atoms with van der Waals surface area (Å²) >= 11 is 0. The van der Waals surface area contributed by atoms with E-state index < -0.39 is 0 Å². The zero-order valence-corrected chi connectivity index (χ0v) is 8.63. The van der Waals surface area contributed by atoms with Gasteiger partial charge in [-0.2, -0.15) is 0 Å². The third-order valence-electron chi connectivity index (χ3n) is 3.67. The van der Waals surface area contributed by atoms with Gasteiger partial charge >= 0.3 is 0 Å². The van der Waals surface area contributed by atoms with Crippen molar-refractivity contribution in [2.24, 2.45) is 5.92 Å². The smallest absolute Gasteiger partial charge is 0.0746 e. The largest absolute Gasteiger partial charge is 0.399 e. The summed E-state index contributed by atoms with van der Waals surface area (Å²) < 4.78 is 0. The van der Waals surface area contributed by atoms with E-state index >= 15 is 0 Å². The molecule has 2 fully saturated rings. The normalized spacial score (nSPS) is 33.7. The van der Waals surface area contributed by atoms with Crippen LogP contribution in [0, 0.1) is 5.92 Å². The first-order chi connectivity index (χ1) is 7.24. The Labute approximate surface area is 89.5 Å². The summed E-state index contributed by atoms with van der Waals surface area (Å²) in [5, 5.41) is 9.84. The lowest BCUT2D eigenvalue weighted by molar-refractivity contribution is 0.146. The van der Waals surface area contributed by atoms with Crippen molar-refractivity contribution in [3.63, 3.8) is 0 Å².